The third kappa shape index (κ3) is 5.44. The minimum atomic E-state index is -3.81. The SMILES string of the molecule is O=C1C(c2ccc(O)cc2)C(c2ccc(F)cc2)C(=O)N1CCCCNS(=O)(=O)c1ccc(F)cc1. The maximum absolute atomic E-state index is 13.5. The van der Waals surface area contributed by atoms with Crippen LogP contribution in [0.15, 0.2) is 77.7 Å². The predicted molar refractivity (Wildman–Crippen MR) is 128 cm³/mol. The van der Waals surface area contributed by atoms with Gasteiger partial charge in [-0.3, -0.25) is 14.5 Å². The van der Waals surface area contributed by atoms with Crippen LogP contribution in [0.2, 0.25) is 0 Å². The number of unbranched alkanes of at least 4 members (excludes halogenated alkanes) is 1. The second-order valence-electron chi connectivity index (χ2n) is 8.49. The number of amides is 2. The summed E-state index contributed by atoms with van der Waals surface area (Å²) in [6, 6.07) is 15.9. The minimum absolute atomic E-state index is 0.0220. The molecule has 2 amide bonds. The number of nitrogens with zero attached hydrogens (tertiary/aromatic N) is 1. The second kappa shape index (κ2) is 10.5. The van der Waals surface area contributed by atoms with Gasteiger partial charge < -0.3 is 5.11 Å². The van der Waals surface area contributed by atoms with E-state index in [4.69, 9.17) is 0 Å². The highest BCUT2D eigenvalue weighted by Gasteiger charge is 2.48. The first kappa shape index (κ1) is 25.5. The van der Waals surface area contributed by atoms with Crippen molar-refractivity contribution in [3.8, 4) is 5.75 Å². The number of hydrogen-bond donors (Lipinski definition) is 2. The van der Waals surface area contributed by atoms with E-state index in [-0.39, 0.29) is 23.7 Å². The largest absolute Gasteiger partial charge is 0.508 e. The van der Waals surface area contributed by atoms with E-state index in [0.717, 1.165) is 29.2 Å². The maximum atomic E-state index is 13.5. The predicted octanol–water partition coefficient (Wildman–Crippen LogP) is 3.67. The zero-order chi connectivity index (χ0) is 25.9. The number of imide groups is 1. The van der Waals surface area contributed by atoms with E-state index >= 15 is 0 Å². The Balaban J connectivity index is 1.43. The van der Waals surface area contributed by atoms with E-state index in [0.29, 0.717) is 24.0 Å². The van der Waals surface area contributed by atoms with Gasteiger partial charge in [0.25, 0.3) is 0 Å². The summed E-state index contributed by atoms with van der Waals surface area (Å²) in [6.45, 7) is 0.154. The molecule has 0 aromatic heterocycles. The smallest absolute Gasteiger partial charge is 0.240 e. The fraction of sp³-hybridized carbons (Fsp3) is 0.231. The van der Waals surface area contributed by atoms with Gasteiger partial charge in [-0.2, -0.15) is 0 Å². The molecule has 1 aliphatic heterocycles. The Labute approximate surface area is 207 Å². The van der Waals surface area contributed by atoms with E-state index in [1.807, 2.05) is 0 Å². The number of phenolic OH excluding ortho intramolecular Hbond substituents is 1. The lowest BCUT2D eigenvalue weighted by molar-refractivity contribution is -0.139. The fourth-order valence-electron chi connectivity index (χ4n) is 4.27. The van der Waals surface area contributed by atoms with Crippen molar-refractivity contribution in [2.75, 3.05) is 13.1 Å². The summed E-state index contributed by atoms with van der Waals surface area (Å²) in [6.07, 6.45) is 0.699. The van der Waals surface area contributed by atoms with Crippen LogP contribution in [-0.2, 0) is 19.6 Å². The molecule has 1 heterocycles. The van der Waals surface area contributed by atoms with Crippen LogP contribution >= 0.6 is 0 Å². The summed E-state index contributed by atoms with van der Waals surface area (Å²) in [5, 5.41) is 9.62. The van der Waals surface area contributed by atoms with Crippen molar-refractivity contribution in [1.29, 1.82) is 0 Å². The number of carbonyl (C=O) groups excluding carboxylic acids is 2. The molecule has 3 aromatic rings. The van der Waals surface area contributed by atoms with Crippen molar-refractivity contribution in [3.63, 3.8) is 0 Å². The van der Waals surface area contributed by atoms with Gasteiger partial charge in [-0.1, -0.05) is 24.3 Å². The molecule has 0 bridgehead atoms. The van der Waals surface area contributed by atoms with E-state index in [9.17, 15) is 31.9 Å². The van der Waals surface area contributed by atoms with Crippen molar-refractivity contribution >= 4 is 21.8 Å². The molecule has 0 spiro atoms. The Morgan fingerprint density at radius 1 is 0.750 bits per heavy atom. The highest BCUT2D eigenvalue weighted by Crippen LogP contribution is 2.42. The van der Waals surface area contributed by atoms with Gasteiger partial charge >= 0.3 is 0 Å². The van der Waals surface area contributed by atoms with Crippen molar-refractivity contribution < 1.29 is 31.9 Å². The Morgan fingerprint density at radius 3 is 1.75 bits per heavy atom. The van der Waals surface area contributed by atoms with Crippen LogP contribution in [0.25, 0.3) is 0 Å². The van der Waals surface area contributed by atoms with Gasteiger partial charge in [0.1, 0.15) is 17.4 Å². The summed E-state index contributed by atoms with van der Waals surface area (Å²) in [4.78, 5) is 27.7. The average molecular weight is 515 g/mol. The molecule has 0 aliphatic carbocycles. The molecular weight excluding hydrogens is 490 g/mol. The molecule has 2 atom stereocenters. The molecule has 4 rings (SSSR count). The molecule has 1 saturated heterocycles. The third-order valence-corrected chi connectivity index (χ3v) is 7.58. The molecule has 36 heavy (non-hydrogen) atoms. The van der Waals surface area contributed by atoms with E-state index in [2.05, 4.69) is 4.72 Å². The van der Waals surface area contributed by atoms with Crippen LogP contribution < -0.4 is 4.72 Å². The molecule has 1 fully saturated rings. The monoisotopic (exact) mass is 514 g/mol. The first-order chi connectivity index (χ1) is 17.2. The fourth-order valence-corrected chi connectivity index (χ4v) is 5.34. The summed E-state index contributed by atoms with van der Waals surface area (Å²) in [7, 11) is -3.81. The van der Waals surface area contributed by atoms with Crippen LogP contribution in [0.1, 0.15) is 35.8 Å². The zero-order valence-electron chi connectivity index (χ0n) is 19.1. The summed E-state index contributed by atoms with van der Waals surface area (Å²) in [5.41, 5.74) is 1.05. The van der Waals surface area contributed by atoms with E-state index < -0.39 is 45.3 Å². The summed E-state index contributed by atoms with van der Waals surface area (Å²) < 4.78 is 53.6. The van der Waals surface area contributed by atoms with Crippen LogP contribution in [0, 0.1) is 11.6 Å². The average Bonchev–Trinajstić information content (AvgIpc) is 3.10. The van der Waals surface area contributed by atoms with Gasteiger partial charge in [-0.15, -0.1) is 0 Å². The summed E-state index contributed by atoms with van der Waals surface area (Å²) in [5.74, 6) is -3.49. The molecule has 1 aliphatic rings. The third-order valence-electron chi connectivity index (χ3n) is 6.10. The number of halogens is 2. The summed E-state index contributed by atoms with van der Waals surface area (Å²) >= 11 is 0. The van der Waals surface area contributed by atoms with Crippen LogP contribution in [0.3, 0.4) is 0 Å². The van der Waals surface area contributed by atoms with Crippen LogP contribution in [0.5, 0.6) is 5.75 Å². The first-order valence-electron chi connectivity index (χ1n) is 11.3. The maximum Gasteiger partial charge on any atom is 0.240 e. The molecule has 0 radical (unpaired) electrons. The molecular formula is C26H24F2N2O5S. The number of likely N-dealkylation sites (tertiary alicyclic amines) is 1. The van der Waals surface area contributed by atoms with Gasteiger partial charge in [0.15, 0.2) is 0 Å². The number of benzene rings is 3. The normalized spacial score (nSPS) is 18.1. The number of phenols is 1. The lowest BCUT2D eigenvalue weighted by Crippen LogP contribution is -2.32. The van der Waals surface area contributed by atoms with Gasteiger partial charge in [0.05, 0.1) is 16.7 Å². The number of nitrogens with one attached hydrogen (secondary N) is 1. The quantitative estimate of drug-likeness (QED) is 0.335. The Kier molecular flexibility index (Phi) is 7.46. The van der Waals surface area contributed by atoms with Crippen LogP contribution in [-0.4, -0.2) is 43.3 Å². The number of hydrogen-bond acceptors (Lipinski definition) is 5. The second-order valence-corrected chi connectivity index (χ2v) is 10.3. The lowest BCUT2D eigenvalue weighted by Gasteiger charge is -2.16. The molecule has 0 saturated carbocycles. The number of rotatable bonds is 9. The van der Waals surface area contributed by atoms with Gasteiger partial charge in [-0.05, 0) is 72.5 Å². The van der Waals surface area contributed by atoms with E-state index in [1.54, 1.807) is 12.1 Å². The highest BCUT2D eigenvalue weighted by molar-refractivity contribution is 7.89. The van der Waals surface area contributed by atoms with Gasteiger partial charge in [0, 0.05) is 13.1 Å². The molecule has 2 unspecified atom stereocenters. The topological polar surface area (TPSA) is 104 Å². The van der Waals surface area contributed by atoms with Crippen molar-refractivity contribution in [2.24, 2.45) is 0 Å². The molecule has 2 N–H and O–H groups in total. The number of sulfonamides is 1. The lowest BCUT2D eigenvalue weighted by atomic mass is 9.83. The molecule has 188 valence electrons. The Hall–Kier alpha value is -3.63. The van der Waals surface area contributed by atoms with Crippen LogP contribution in [0.4, 0.5) is 8.78 Å². The molecule has 10 heteroatoms. The Morgan fingerprint density at radius 2 is 1.22 bits per heavy atom. The van der Waals surface area contributed by atoms with Crippen molar-refractivity contribution in [3.05, 3.63) is 95.6 Å². The standard InChI is InChI=1S/C26H24F2N2O5S/c27-19-7-3-17(4-8-19)23-24(18-5-11-21(31)12-6-18)26(33)30(25(23)32)16-2-1-15-29-36(34,35)22-13-9-20(28)10-14-22/h3-14,23-24,29,31H,1-2,15-16H2. The Bertz CT molecular complexity index is 1280. The minimum Gasteiger partial charge on any atom is -0.508 e. The van der Waals surface area contributed by atoms with E-state index in [1.165, 1.54) is 36.4 Å². The number of aromatic hydroxyl groups is 1. The number of carbonyl (C=O) groups is 2. The first-order valence-corrected chi connectivity index (χ1v) is 12.8. The highest BCUT2D eigenvalue weighted by atomic mass is 32.2. The van der Waals surface area contributed by atoms with Gasteiger partial charge in [-0.25, -0.2) is 21.9 Å². The zero-order valence-corrected chi connectivity index (χ0v) is 19.9. The van der Waals surface area contributed by atoms with Crippen molar-refractivity contribution in [2.45, 2.75) is 29.6 Å². The molecule has 3 aromatic carbocycles. The molecule has 7 nitrogen and oxygen atoms in total. The van der Waals surface area contributed by atoms with Gasteiger partial charge in [0.2, 0.25) is 21.8 Å². The van der Waals surface area contributed by atoms with Crippen molar-refractivity contribution in [1.82, 2.24) is 9.62 Å².